The lowest BCUT2D eigenvalue weighted by molar-refractivity contribution is -0.129. The second kappa shape index (κ2) is 14.8. The summed E-state index contributed by atoms with van der Waals surface area (Å²) in [5.74, 6) is 1.07. The topological polar surface area (TPSA) is 154 Å². The highest BCUT2D eigenvalue weighted by molar-refractivity contribution is 6.02. The molecule has 2 amide bonds. The van der Waals surface area contributed by atoms with Crippen molar-refractivity contribution in [3.05, 3.63) is 107 Å². The zero-order valence-corrected chi connectivity index (χ0v) is 25.4. The minimum absolute atomic E-state index is 0.223. The molecule has 3 N–H and O–H groups in total. The third kappa shape index (κ3) is 7.66. The number of amides is 2. The first kappa shape index (κ1) is 31.7. The number of carbonyl (C=O) groups excluding carboxylic acids is 2. The van der Waals surface area contributed by atoms with Gasteiger partial charge in [0.25, 0.3) is 5.91 Å². The molecular weight excluding hydrogens is 590 g/mol. The van der Waals surface area contributed by atoms with Crippen molar-refractivity contribution in [1.29, 1.82) is 0 Å². The molecule has 0 fully saturated rings. The van der Waals surface area contributed by atoms with E-state index in [1.165, 1.54) is 16.9 Å². The number of anilines is 1. The van der Waals surface area contributed by atoms with Crippen LogP contribution in [-0.2, 0) is 4.79 Å². The van der Waals surface area contributed by atoms with Gasteiger partial charge in [-0.1, -0.05) is 18.2 Å². The van der Waals surface area contributed by atoms with Crippen molar-refractivity contribution in [2.24, 2.45) is 0 Å². The molecule has 0 aliphatic rings. The summed E-state index contributed by atoms with van der Waals surface area (Å²) >= 11 is 0. The van der Waals surface area contributed by atoms with Crippen LogP contribution in [0.3, 0.4) is 0 Å². The van der Waals surface area contributed by atoms with Crippen LogP contribution in [0.1, 0.15) is 41.7 Å². The van der Waals surface area contributed by atoms with E-state index in [0.29, 0.717) is 52.6 Å². The Hall–Kier alpha value is -5.75. The Bertz CT molecular complexity index is 1910. The first-order valence-corrected chi connectivity index (χ1v) is 14.6. The number of carbonyl (C=O) groups is 2. The molecule has 5 rings (SSSR count). The number of hydroxylamine groups is 1. The molecule has 3 aromatic carbocycles. The van der Waals surface area contributed by atoms with Crippen LogP contribution < -0.4 is 30.4 Å². The number of rotatable bonds is 13. The highest BCUT2D eigenvalue weighted by Crippen LogP contribution is 2.37. The molecule has 0 bridgehead atoms. The van der Waals surface area contributed by atoms with E-state index in [2.05, 4.69) is 15.4 Å². The van der Waals surface area contributed by atoms with E-state index in [-0.39, 0.29) is 12.1 Å². The number of para-hydroxylation sites is 1. The first-order valence-electron chi connectivity index (χ1n) is 14.6. The summed E-state index contributed by atoms with van der Waals surface area (Å²) in [7, 11) is 1.55. The number of nitrogens with zero attached hydrogens (tertiary/aromatic N) is 3. The van der Waals surface area contributed by atoms with Crippen molar-refractivity contribution in [1.82, 2.24) is 20.2 Å². The molecule has 12 heteroatoms. The molecule has 0 spiro atoms. The van der Waals surface area contributed by atoms with Crippen molar-refractivity contribution in [2.75, 3.05) is 19.0 Å². The van der Waals surface area contributed by atoms with Crippen molar-refractivity contribution in [2.45, 2.75) is 32.6 Å². The Morgan fingerprint density at radius 1 is 0.935 bits per heavy atom. The van der Waals surface area contributed by atoms with E-state index in [4.69, 9.17) is 19.4 Å². The normalized spacial score (nSPS) is 10.8. The van der Waals surface area contributed by atoms with Gasteiger partial charge in [-0.05, 0) is 74.2 Å². The van der Waals surface area contributed by atoms with E-state index < -0.39 is 17.2 Å². The number of fused-ring (bicyclic) bond motifs is 1. The standard InChI is InChI=1S/C34H33N5O7/c1-22-8-5-6-9-27(22)39-18-16-28(40)33(37-39)34(42)36-23-11-13-24(14-12-23)46-29-15-17-35-26-21-31(30(44-2)20-25(26)29)45-19-7-3-4-10-32(41)38-43/h5-6,8-9,11-18,20-21,43H,3-4,7,10,19H2,1-2H3,(H,36,42)(H,38,41). The van der Waals surface area contributed by atoms with Crippen LogP contribution in [-0.4, -0.2) is 45.5 Å². The summed E-state index contributed by atoms with van der Waals surface area (Å²) in [5, 5.41) is 16.3. The molecule has 5 aromatic rings. The number of nitrogens with one attached hydrogen (secondary N) is 2. The second-order valence-electron chi connectivity index (χ2n) is 10.4. The van der Waals surface area contributed by atoms with Gasteiger partial charge >= 0.3 is 0 Å². The average Bonchev–Trinajstić information content (AvgIpc) is 3.07. The zero-order chi connectivity index (χ0) is 32.5. The molecule has 0 unspecified atom stereocenters. The number of aromatic nitrogens is 3. The quantitative estimate of drug-likeness (QED) is 0.0865. The third-order valence-electron chi connectivity index (χ3n) is 7.14. The van der Waals surface area contributed by atoms with Gasteiger partial charge in [0.2, 0.25) is 11.3 Å². The van der Waals surface area contributed by atoms with E-state index in [1.54, 1.807) is 61.3 Å². The number of aryl methyl sites for hydroxylation is 1. The largest absolute Gasteiger partial charge is 0.493 e. The number of hydrogen-bond acceptors (Lipinski definition) is 9. The summed E-state index contributed by atoms with van der Waals surface area (Å²) in [6.45, 7) is 2.34. The maximum absolute atomic E-state index is 13.0. The molecule has 236 valence electrons. The molecule has 0 atom stereocenters. The monoisotopic (exact) mass is 623 g/mol. The van der Waals surface area contributed by atoms with Crippen molar-refractivity contribution >= 4 is 28.4 Å². The Labute approximate surface area is 264 Å². The minimum Gasteiger partial charge on any atom is -0.493 e. The molecular formula is C34H33N5O7. The van der Waals surface area contributed by atoms with Crippen LogP contribution in [0, 0.1) is 6.92 Å². The third-order valence-corrected chi connectivity index (χ3v) is 7.14. The van der Waals surface area contributed by atoms with Gasteiger partial charge in [0.05, 0.1) is 24.9 Å². The summed E-state index contributed by atoms with van der Waals surface area (Å²) in [5.41, 5.74) is 3.74. The number of pyridine rings is 1. The minimum atomic E-state index is -0.624. The molecule has 46 heavy (non-hydrogen) atoms. The van der Waals surface area contributed by atoms with E-state index in [1.807, 2.05) is 31.2 Å². The van der Waals surface area contributed by atoms with Crippen LogP contribution >= 0.6 is 0 Å². The second-order valence-corrected chi connectivity index (χ2v) is 10.4. The molecule has 0 saturated carbocycles. The van der Waals surface area contributed by atoms with Gasteiger partial charge in [-0.15, -0.1) is 0 Å². The Balaban J connectivity index is 1.25. The number of ether oxygens (including phenoxy) is 3. The fourth-order valence-electron chi connectivity index (χ4n) is 4.74. The Kier molecular flexibility index (Phi) is 10.2. The highest BCUT2D eigenvalue weighted by atomic mass is 16.5. The number of unbranched alkanes of at least 4 members (excludes halogenated alkanes) is 2. The highest BCUT2D eigenvalue weighted by Gasteiger charge is 2.16. The average molecular weight is 624 g/mol. The molecule has 0 saturated heterocycles. The van der Waals surface area contributed by atoms with Crippen LogP contribution in [0.15, 0.2) is 90.0 Å². The molecule has 0 radical (unpaired) electrons. The fourth-order valence-corrected chi connectivity index (χ4v) is 4.74. The number of benzene rings is 3. The molecule has 2 aromatic heterocycles. The number of methoxy groups -OCH3 is 1. The lowest BCUT2D eigenvalue weighted by Crippen LogP contribution is -2.25. The van der Waals surface area contributed by atoms with Gasteiger partial charge in [-0.2, -0.15) is 5.10 Å². The molecule has 0 aliphatic heterocycles. The predicted octanol–water partition coefficient (Wildman–Crippen LogP) is 5.59. The summed E-state index contributed by atoms with van der Waals surface area (Å²) in [4.78, 5) is 41.1. The maximum atomic E-state index is 13.0. The van der Waals surface area contributed by atoms with Gasteiger partial charge in [0.15, 0.2) is 17.2 Å². The van der Waals surface area contributed by atoms with Crippen LogP contribution in [0.2, 0.25) is 0 Å². The van der Waals surface area contributed by atoms with Crippen molar-refractivity contribution in [3.63, 3.8) is 0 Å². The summed E-state index contributed by atoms with van der Waals surface area (Å²) in [6.07, 6.45) is 5.54. The summed E-state index contributed by atoms with van der Waals surface area (Å²) < 4.78 is 19.2. The first-order chi connectivity index (χ1) is 22.4. The smallest absolute Gasteiger partial charge is 0.280 e. The predicted molar refractivity (Wildman–Crippen MR) is 171 cm³/mol. The molecule has 12 nitrogen and oxygen atoms in total. The lowest BCUT2D eigenvalue weighted by Gasteiger charge is -2.14. The van der Waals surface area contributed by atoms with E-state index in [9.17, 15) is 14.4 Å². The van der Waals surface area contributed by atoms with E-state index in [0.717, 1.165) is 24.1 Å². The lowest BCUT2D eigenvalue weighted by atomic mass is 10.1. The van der Waals surface area contributed by atoms with Gasteiger partial charge < -0.3 is 19.5 Å². The van der Waals surface area contributed by atoms with Crippen LogP contribution in [0.25, 0.3) is 16.6 Å². The van der Waals surface area contributed by atoms with Crippen molar-refractivity contribution in [3.8, 4) is 28.7 Å². The van der Waals surface area contributed by atoms with Gasteiger partial charge in [-0.25, -0.2) is 10.2 Å². The Morgan fingerprint density at radius 2 is 1.74 bits per heavy atom. The Morgan fingerprint density at radius 3 is 2.50 bits per heavy atom. The van der Waals surface area contributed by atoms with Crippen LogP contribution in [0.4, 0.5) is 5.69 Å². The van der Waals surface area contributed by atoms with Gasteiger partial charge in [0.1, 0.15) is 11.5 Å². The SMILES string of the molecule is COc1cc2c(Oc3ccc(NC(=O)c4nn(-c5ccccc5C)ccc4=O)cc3)ccnc2cc1OCCCCCC(=O)NO. The molecule has 0 aliphatic carbocycles. The van der Waals surface area contributed by atoms with Crippen molar-refractivity contribution < 1.29 is 29.0 Å². The number of hydrogen-bond donors (Lipinski definition) is 3. The zero-order valence-electron chi connectivity index (χ0n) is 25.4. The summed E-state index contributed by atoms with van der Waals surface area (Å²) in [6, 6.07) is 20.9. The fraction of sp³-hybridized carbons (Fsp3) is 0.206. The molecule has 2 heterocycles. The van der Waals surface area contributed by atoms with Gasteiger partial charge in [0, 0.05) is 42.0 Å². The maximum Gasteiger partial charge on any atom is 0.280 e. The van der Waals surface area contributed by atoms with E-state index >= 15 is 0 Å². The van der Waals surface area contributed by atoms with Crippen LogP contribution in [0.5, 0.6) is 23.0 Å². The van der Waals surface area contributed by atoms with Gasteiger partial charge in [-0.3, -0.25) is 24.6 Å².